The number of nitrogens with one attached hydrogen (secondary N) is 2. The maximum atomic E-state index is 6.34. The minimum Gasteiger partial charge on any atom is -0.381 e. The summed E-state index contributed by atoms with van der Waals surface area (Å²) in [5.74, 6) is 1.34. The van der Waals surface area contributed by atoms with Crippen molar-refractivity contribution in [2.75, 3.05) is 36.5 Å². The summed E-state index contributed by atoms with van der Waals surface area (Å²) in [5, 5.41) is 9.30. The molecule has 3 aromatic rings. The summed E-state index contributed by atoms with van der Waals surface area (Å²) in [5.41, 5.74) is 1.08. The zero-order valence-electron chi connectivity index (χ0n) is 21.4. The smallest absolute Gasteiger partial charge is 0.232 e. The Balaban J connectivity index is 1.34. The zero-order valence-corrected chi connectivity index (χ0v) is 23.8. The first-order chi connectivity index (χ1) is 18.5. The Morgan fingerprint density at radius 3 is 2.74 bits per heavy atom. The molecule has 2 aliphatic rings. The van der Waals surface area contributed by atoms with E-state index in [0.29, 0.717) is 42.0 Å². The Bertz CT molecular complexity index is 1240. The first-order valence-corrected chi connectivity index (χ1v) is 14.6. The molecule has 0 spiro atoms. The molecule has 1 unspecified atom stereocenters. The summed E-state index contributed by atoms with van der Waals surface area (Å²) in [6, 6.07) is 12.3. The van der Waals surface area contributed by atoms with E-state index < -0.39 is 0 Å². The number of nitrogens with zero attached hydrogens (tertiary/aromatic N) is 5. The molecule has 2 saturated heterocycles. The number of halogens is 1. The lowest BCUT2D eigenvalue weighted by molar-refractivity contribution is 0.0515. The molecule has 2 N–H and O–H groups in total. The highest BCUT2D eigenvalue weighted by Gasteiger charge is 2.35. The number of ether oxygens (including phenoxy) is 1. The van der Waals surface area contributed by atoms with Crippen LogP contribution in [-0.2, 0) is 10.2 Å². The quantitative estimate of drug-likeness (QED) is 0.216. The van der Waals surface area contributed by atoms with E-state index in [1.54, 1.807) is 18.5 Å². The monoisotopic (exact) mass is 569 g/mol. The number of hydrogen-bond acceptors (Lipinski definition) is 8. The lowest BCUT2D eigenvalue weighted by atomic mass is 9.74. The van der Waals surface area contributed by atoms with Crippen molar-refractivity contribution >= 4 is 52.5 Å². The van der Waals surface area contributed by atoms with E-state index in [9.17, 15) is 0 Å². The summed E-state index contributed by atoms with van der Waals surface area (Å²) in [6.45, 7) is 5.28. The molecule has 2 aliphatic heterocycles. The number of hydrogen-bond donors (Lipinski definition) is 2. The molecule has 0 bridgehead atoms. The topological polar surface area (TPSA) is 88.1 Å². The Labute approximate surface area is 238 Å². The van der Waals surface area contributed by atoms with Crippen LogP contribution < -0.4 is 15.5 Å². The second kappa shape index (κ2) is 12.5. The SMILES string of the molecule is CC1CCCCN1c1cc(Sc2ncccn2)nc(NC(=S)NCC2(c3cccc(Cl)c3)CCOCC2)n1. The summed E-state index contributed by atoms with van der Waals surface area (Å²) in [7, 11) is 0. The molecule has 5 rings (SSSR count). The second-order valence-corrected chi connectivity index (χ2v) is 11.6. The summed E-state index contributed by atoms with van der Waals surface area (Å²) in [4.78, 5) is 20.6. The van der Waals surface area contributed by atoms with E-state index in [0.717, 1.165) is 48.1 Å². The van der Waals surface area contributed by atoms with Crippen molar-refractivity contribution in [3.63, 3.8) is 0 Å². The molecule has 0 aliphatic carbocycles. The van der Waals surface area contributed by atoms with Crippen LogP contribution in [0.4, 0.5) is 11.8 Å². The van der Waals surface area contributed by atoms with Gasteiger partial charge in [-0.25, -0.2) is 15.0 Å². The Morgan fingerprint density at radius 1 is 1.16 bits per heavy atom. The first-order valence-electron chi connectivity index (χ1n) is 13.0. The van der Waals surface area contributed by atoms with E-state index in [2.05, 4.69) is 38.5 Å². The van der Waals surface area contributed by atoms with Gasteiger partial charge in [0.1, 0.15) is 10.8 Å². The number of thiocarbonyl (C=S) groups is 1. The number of benzene rings is 1. The fourth-order valence-electron chi connectivity index (χ4n) is 5.08. The molecule has 4 heterocycles. The average Bonchev–Trinajstić information content (AvgIpc) is 2.93. The second-order valence-electron chi connectivity index (χ2n) is 9.77. The van der Waals surface area contributed by atoms with Crippen LogP contribution in [0.15, 0.2) is 59.0 Å². The average molecular weight is 570 g/mol. The predicted molar refractivity (Wildman–Crippen MR) is 156 cm³/mol. The van der Waals surface area contributed by atoms with Crippen LogP contribution >= 0.6 is 35.6 Å². The lowest BCUT2D eigenvalue weighted by Gasteiger charge is -2.38. The van der Waals surface area contributed by atoms with E-state index in [-0.39, 0.29) is 5.41 Å². The van der Waals surface area contributed by atoms with Gasteiger partial charge in [0.05, 0.1) is 0 Å². The van der Waals surface area contributed by atoms with Gasteiger partial charge in [-0.2, -0.15) is 4.98 Å². The van der Waals surface area contributed by atoms with E-state index in [1.807, 2.05) is 24.3 Å². The maximum absolute atomic E-state index is 6.34. The highest BCUT2D eigenvalue weighted by atomic mass is 35.5. The molecule has 38 heavy (non-hydrogen) atoms. The molecule has 2 fully saturated rings. The molecule has 8 nitrogen and oxygen atoms in total. The molecule has 200 valence electrons. The normalized spacial score (nSPS) is 19.1. The Morgan fingerprint density at radius 2 is 1.97 bits per heavy atom. The van der Waals surface area contributed by atoms with Gasteiger partial charge in [-0.1, -0.05) is 23.7 Å². The third-order valence-corrected chi connectivity index (χ3v) is 8.52. The maximum Gasteiger partial charge on any atom is 0.232 e. The summed E-state index contributed by atoms with van der Waals surface area (Å²) >= 11 is 13.5. The standard InChI is InChI=1S/C27H32ClN7OS2/c1-19-6-2-3-13-35(19)22-17-23(38-26-29-11-5-12-30-26)33-24(32-22)34-25(37)31-18-27(9-14-36-15-10-27)20-7-4-8-21(28)16-20/h4-5,7-8,11-12,16-17,19H,2-3,6,9-10,13-15,18H2,1H3,(H2,31,32,33,34,37). The van der Waals surface area contributed by atoms with Gasteiger partial charge in [0.25, 0.3) is 0 Å². The van der Waals surface area contributed by atoms with Crippen molar-refractivity contribution in [3.05, 3.63) is 59.4 Å². The minimum absolute atomic E-state index is 0.119. The van der Waals surface area contributed by atoms with Gasteiger partial charge in [-0.05, 0) is 86.8 Å². The highest BCUT2D eigenvalue weighted by molar-refractivity contribution is 7.99. The van der Waals surface area contributed by atoms with Crippen molar-refractivity contribution < 1.29 is 4.74 Å². The fourth-order valence-corrected chi connectivity index (χ4v) is 6.15. The molecule has 0 saturated carbocycles. The summed E-state index contributed by atoms with van der Waals surface area (Å²) in [6.07, 6.45) is 8.77. The van der Waals surface area contributed by atoms with Gasteiger partial charge in [-0.3, -0.25) is 0 Å². The van der Waals surface area contributed by atoms with Crippen LogP contribution in [0, 0.1) is 0 Å². The van der Waals surface area contributed by atoms with Gasteiger partial charge in [0.15, 0.2) is 10.3 Å². The third-order valence-electron chi connectivity index (χ3n) is 7.22. The van der Waals surface area contributed by atoms with Crippen molar-refractivity contribution in [2.24, 2.45) is 0 Å². The Kier molecular flexibility index (Phi) is 8.93. The molecular weight excluding hydrogens is 538 g/mol. The van der Waals surface area contributed by atoms with Crippen molar-refractivity contribution in [1.82, 2.24) is 25.3 Å². The molecular formula is C27H32ClN7OS2. The minimum atomic E-state index is -0.119. The van der Waals surface area contributed by atoms with Crippen LogP contribution in [0.25, 0.3) is 0 Å². The van der Waals surface area contributed by atoms with E-state index >= 15 is 0 Å². The van der Waals surface area contributed by atoms with Gasteiger partial charge in [-0.15, -0.1) is 0 Å². The van der Waals surface area contributed by atoms with Crippen LogP contribution in [0.5, 0.6) is 0 Å². The van der Waals surface area contributed by atoms with Crippen molar-refractivity contribution in [3.8, 4) is 0 Å². The molecule has 1 aromatic carbocycles. The summed E-state index contributed by atoms with van der Waals surface area (Å²) < 4.78 is 5.67. The molecule has 2 aromatic heterocycles. The first kappa shape index (κ1) is 27.1. The van der Waals surface area contributed by atoms with Crippen LogP contribution in [0.1, 0.15) is 44.6 Å². The molecule has 1 atom stereocenters. The van der Waals surface area contributed by atoms with Crippen LogP contribution in [-0.4, -0.2) is 57.4 Å². The largest absolute Gasteiger partial charge is 0.381 e. The lowest BCUT2D eigenvalue weighted by Crippen LogP contribution is -2.45. The van der Waals surface area contributed by atoms with Crippen LogP contribution in [0.3, 0.4) is 0 Å². The predicted octanol–water partition coefficient (Wildman–Crippen LogP) is 5.48. The van der Waals surface area contributed by atoms with Gasteiger partial charge in [0, 0.05) is 61.2 Å². The number of anilines is 2. The van der Waals surface area contributed by atoms with Crippen LogP contribution in [0.2, 0.25) is 5.02 Å². The molecule has 11 heteroatoms. The van der Waals surface area contributed by atoms with Crippen molar-refractivity contribution in [2.45, 2.75) is 60.7 Å². The van der Waals surface area contributed by atoms with Crippen molar-refractivity contribution in [1.29, 1.82) is 0 Å². The highest BCUT2D eigenvalue weighted by Crippen LogP contribution is 2.35. The van der Waals surface area contributed by atoms with Gasteiger partial charge in [0.2, 0.25) is 5.95 Å². The number of rotatable bonds is 7. The molecule has 0 amide bonds. The van der Waals surface area contributed by atoms with E-state index in [1.165, 1.54) is 23.7 Å². The third kappa shape index (κ3) is 6.72. The zero-order chi connectivity index (χ0) is 26.4. The fraction of sp³-hybridized carbons (Fsp3) is 0.444. The number of aromatic nitrogens is 4. The number of piperidine rings is 1. The van der Waals surface area contributed by atoms with E-state index in [4.69, 9.17) is 38.5 Å². The van der Waals surface area contributed by atoms with Gasteiger partial charge >= 0.3 is 0 Å². The Hall–Kier alpha value is -2.53. The van der Waals surface area contributed by atoms with Gasteiger partial charge < -0.3 is 20.3 Å². The molecule has 0 radical (unpaired) electrons.